The molecule has 8 heteroatoms. The van der Waals surface area contributed by atoms with Gasteiger partial charge in [0.2, 0.25) is 0 Å². The zero-order valence-corrected chi connectivity index (χ0v) is 21.2. The number of halogens is 3. The minimum atomic E-state index is -0.579. The lowest BCUT2D eigenvalue weighted by molar-refractivity contribution is -0.123. The first-order chi connectivity index (χ1) is 16.0. The molecule has 3 amide bonds. The van der Waals surface area contributed by atoms with Crippen molar-refractivity contribution in [3.05, 3.63) is 68.6 Å². The van der Waals surface area contributed by atoms with Gasteiger partial charge in [-0.25, -0.2) is 9.18 Å². The Balaban J connectivity index is 1.65. The van der Waals surface area contributed by atoms with E-state index in [0.29, 0.717) is 15.6 Å². The zero-order valence-electron chi connectivity index (χ0n) is 19.7. The van der Waals surface area contributed by atoms with Gasteiger partial charge in [0.1, 0.15) is 11.5 Å². The number of imide groups is 1. The fourth-order valence-corrected chi connectivity index (χ4v) is 5.44. The number of hydrogen-bond donors (Lipinski definition) is 1. The standard InChI is InChI=1S/C26H28Cl2FN3O2/c1-5-8-32-23-12-21(29)17(9-19(23)15(2)13-26(32,3)4)10-22-24(33)31(25(34)30-22)14-16-6-7-18(27)11-20(16)28/h6-7,9-12,15H,5,8,13-14H2,1-4H3,(H,30,34)/b22-10+. The zero-order chi connectivity index (χ0) is 24.8. The summed E-state index contributed by atoms with van der Waals surface area (Å²) in [5.74, 6) is -0.735. The van der Waals surface area contributed by atoms with Gasteiger partial charge in [-0.05, 0) is 74.1 Å². The quantitative estimate of drug-likeness (QED) is 0.363. The fraction of sp³-hybridized carbons (Fsp3) is 0.385. The number of fused-ring (bicyclic) bond motifs is 1. The first-order valence-electron chi connectivity index (χ1n) is 11.4. The van der Waals surface area contributed by atoms with Gasteiger partial charge in [-0.15, -0.1) is 0 Å². The van der Waals surface area contributed by atoms with Crippen molar-refractivity contribution in [1.82, 2.24) is 10.2 Å². The van der Waals surface area contributed by atoms with E-state index in [9.17, 15) is 9.59 Å². The second-order valence-electron chi connectivity index (χ2n) is 9.62. The van der Waals surface area contributed by atoms with Crippen LogP contribution >= 0.6 is 23.2 Å². The Morgan fingerprint density at radius 1 is 1.21 bits per heavy atom. The maximum atomic E-state index is 15.2. The van der Waals surface area contributed by atoms with Crippen LogP contribution in [-0.2, 0) is 11.3 Å². The van der Waals surface area contributed by atoms with Crippen molar-refractivity contribution in [3.8, 4) is 0 Å². The summed E-state index contributed by atoms with van der Waals surface area (Å²) in [6, 6.07) is 7.65. The molecule has 180 valence electrons. The Bertz CT molecular complexity index is 1190. The van der Waals surface area contributed by atoms with E-state index in [2.05, 4.69) is 37.9 Å². The average Bonchev–Trinajstić information content (AvgIpc) is 3.01. The van der Waals surface area contributed by atoms with Gasteiger partial charge in [-0.2, -0.15) is 0 Å². The van der Waals surface area contributed by atoms with Gasteiger partial charge in [-0.1, -0.05) is 43.1 Å². The third-order valence-corrected chi connectivity index (χ3v) is 7.14. The molecule has 1 unspecified atom stereocenters. The summed E-state index contributed by atoms with van der Waals surface area (Å²) in [4.78, 5) is 28.8. The van der Waals surface area contributed by atoms with E-state index in [1.54, 1.807) is 30.3 Å². The van der Waals surface area contributed by atoms with Crippen molar-refractivity contribution in [3.63, 3.8) is 0 Å². The highest BCUT2D eigenvalue weighted by Gasteiger charge is 2.37. The molecule has 0 radical (unpaired) electrons. The maximum Gasteiger partial charge on any atom is 0.329 e. The maximum absolute atomic E-state index is 15.2. The van der Waals surface area contributed by atoms with Crippen LogP contribution in [0, 0.1) is 5.82 Å². The lowest BCUT2D eigenvalue weighted by atomic mass is 9.79. The Hall–Kier alpha value is -2.57. The van der Waals surface area contributed by atoms with Crippen molar-refractivity contribution in [2.45, 2.75) is 58.5 Å². The second kappa shape index (κ2) is 9.23. The van der Waals surface area contributed by atoms with E-state index in [-0.39, 0.29) is 29.3 Å². The number of carbonyl (C=O) groups is 2. The molecule has 1 saturated heterocycles. The van der Waals surface area contributed by atoms with Crippen molar-refractivity contribution in [1.29, 1.82) is 0 Å². The molecule has 2 aromatic carbocycles. The number of anilines is 1. The lowest BCUT2D eigenvalue weighted by Crippen LogP contribution is -2.48. The molecule has 1 fully saturated rings. The van der Waals surface area contributed by atoms with E-state index in [1.165, 1.54) is 6.08 Å². The first kappa shape index (κ1) is 24.6. The van der Waals surface area contributed by atoms with Crippen molar-refractivity contribution in [2.24, 2.45) is 0 Å². The monoisotopic (exact) mass is 503 g/mol. The Labute approximate surface area is 209 Å². The Morgan fingerprint density at radius 3 is 2.62 bits per heavy atom. The molecular weight excluding hydrogens is 476 g/mol. The van der Waals surface area contributed by atoms with Crippen LogP contribution in [0.2, 0.25) is 10.0 Å². The van der Waals surface area contributed by atoms with E-state index in [0.717, 1.165) is 35.5 Å². The topological polar surface area (TPSA) is 52.7 Å². The number of rotatable bonds is 5. The van der Waals surface area contributed by atoms with E-state index >= 15 is 4.39 Å². The molecular formula is C26H28Cl2FN3O2. The summed E-state index contributed by atoms with van der Waals surface area (Å²) < 4.78 is 15.2. The Morgan fingerprint density at radius 2 is 1.94 bits per heavy atom. The van der Waals surface area contributed by atoms with Gasteiger partial charge < -0.3 is 10.2 Å². The van der Waals surface area contributed by atoms with Gasteiger partial charge in [0.15, 0.2) is 0 Å². The predicted molar refractivity (Wildman–Crippen MR) is 135 cm³/mol. The van der Waals surface area contributed by atoms with E-state index in [4.69, 9.17) is 23.2 Å². The number of amides is 3. The SMILES string of the molecule is CCCN1c2cc(F)c(/C=C3/NC(=O)N(Cc4ccc(Cl)cc4Cl)C3=O)cc2C(C)CC1(C)C. The van der Waals surface area contributed by atoms with Crippen molar-refractivity contribution >= 4 is 46.9 Å². The number of nitrogens with one attached hydrogen (secondary N) is 1. The molecule has 2 aromatic rings. The molecule has 1 N–H and O–H groups in total. The number of hydrogen-bond acceptors (Lipinski definition) is 3. The third kappa shape index (κ3) is 4.53. The van der Waals surface area contributed by atoms with Gasteiger partial charge in [0.05, 0.1) is 6.54 Å². The second-order valence-corrected chi connectivity index (χ2v) is 10.5. The molecule has 2 aliphatic heterocycles. The van der Waals surface area contributed by atoms with Crippen molar-refractivity contribution in [2.75, 3.05) is 11.4 Å². The summed E-state index contributed by atoms with van der Waals surface area (Å²) in [6.07, 6.45) is 3.31. The summed E-state index contributed by atoms with van der Waals surface area (Å²) in [5, 5.41) is 3.39. The highest BCUT2D eigenvalue weighted by atomic mass is 35.5. The smallest absolute Gasteiger partial charge is 0.329 e. The highest BCUT2D eigenvalue weighted by molar-refractivity contribution is 6.35. The van der Waals surface area contributed by atoms with Crippen molar-refractivity contribution < 1.29 is 14.0 Å². The number of urea groups is 1. The van der Waals surface area contributed by atoms with Gasteiger partial charge in [0, 0.05) is 33.4 Å². The largest absolute Gasteiger partial charge is 0.366 e. The minimum absolute atomic E-state index is 0.0111. The molecule has 1 atom stereocenters. The van der Waals surface area contributed by atoms with Crippen LogP contribution in [0.15, 0.2) is 36.0 Å². The molecule has 4 rings (SSSR count). The van der Waals surface area contributed by atoms with Gasteiger partial charge in [-0.3, -0.25) is 9.69 Å². The molecule has 0 bridgehead atoms. The molecule has 0 aromatic heterocycles. The molecule has 2 aliphatic rings. The van der Waals surface area contributed by atoms with E-state index in [1.807, 2.05) is 0 Å². The molecule has 34 heavy (non-hydrogen) atoms. The molecule has 2 heterocycles. The summed E-state index contributed by atoms with van der Waals surface area (Å²) >= 11 is 12.1. The predicted octanol–water partition coefficient (Wildman–Crippen LogP) is 6.73. The third-order valence-electron chi connectivity index (χ3n) is 6.56. The van der Waals surface area contributed by atoms with E-state index < -0.39 is 17.8 Å². The first-order valence-corrected chi connectivity index (χ1v) is 12.2. The number of benzene rings is 2. The molecule has 5 nitrogen and oxygen atoms in total. The van der Waals surface area contributed by atoms with Crippen LogP contribution < -0.4 is 10.2 Å². The van der Waals surface area contributed by atoms with Crippen LogP contribution in [0.4, 0.5) is 14.9 Å². The molecule has 0 aliphatic carbocycles. The Kier molecular flexibility index (Phi) is 6.67. The number of nitrogens with zero attached hydrogens (tertiary/aromatic N) is 2. The highest BCUT2D eigenvalue weighted by Crippen LogP contribution is 2.44. The van der Waals surface area contributed by atoms with Gasteiger partial charge in [0.25, 0.3) is 5.91 Å². The minimum Gasteiger partial charge on any atom is -0.366 e. The molecule has 0 spiro atoms. The number of carbonyl (C=O) groups excluding carboxylic acids is 2. The summed E-state index contributed by atoms with van der Waals surface area (Å²) in [6.45, 7) is 9.44. The fourth-order valence-electron chi connectivity index (χ4n) is 4.97. The van der Waals surface area contributed by atoms with Crippen LogP contribution in [0.5, 0.6) is 0 Å². The van der Waals surface area contributed by atoms with Crippen LogP contribution in [0.1, 0.15) is 63.1 Å². The van der Waals surface area contributed by atoms with Gasteiger partial charge >= 0.3 is 6.03 Å². The average molecular weight is 504 g/mol. The lowest BCUT2D eigenvalue weighted by Gasteiger charge is -2.47. The summed E-state index contributed by atoms with van der Waals surface area (Å²) in [7, 11) is 0. The molecule has 0 saturated carbocycles. The van der Waals surface area contributed by atoms with Crippen LogP contribution in [0.25, 0.3) is 6.08 Å². The van der Waals surface area contributed by atoms with Crippen LogP contribution in [-0.4, -0.2) is 28.9 Å². The van der Waals surface area contributed by atoms with Crippen LogP contribution in [0.3, 0.4) is 0 Å². The normalized spacial score (nSPS) is 20.7. The summed E-state index contributed by atoms with van der Waals surface area (Å²) in [5.41, 5.74) is 2.75.